The Balaban J connectivity index is 3.72. The smallest absolute Gasteiger partial charge is 0.418 e. The highest BCUT2D eigenvalue weighted by atomic mass is 16.5. The number of hydrogen-bond donors (Lipinski definition) is 0. The van der Waals surface area contributed by atoms with E-state index in [1.165, 1.54) is 6.47 Å². The van der Waals surface area contributed by atoms with Gasteiger partial charge in [-0.05, 0) is 26.3 Å². The van der Waals surface area contributed by atoms with Gasteiger partial charge in [-0.1, -0.05) is 6.08 Å². The second kappa shape index (κ2) is 4.13. The zero-order chi connectivity index (χ0) is 7.28. The number of allylic oxidation sites excluding steroid dienone is 1. The summed E-state index contributed by atoms with van der Waals surface area (Å²) >= 11 is 0. The number of hydrogen-bond acceptors (Lipinski definition) is 2. The van der Waals surface area contributed by atoms with Crippen LogP contribution in [0.5, 0.6) is 0 Å². The molecule has 0 saturated heterocycles. The molecule has 0 aromatic heterocycles. The summed E-state index contributed by atoms with van der Waals surface area (Å²) in [5.41, 5.74) is 1.04. The molecule has 0 saturated carbocycles. The van der Waals surface area contributed by atoms with Crippen molar-refractivity contribution in [1.29, 1.82) is 0 Å². The minimum absolute atomic E-state index is 0.132. The molecule has 0 aliphatic carbocycles. The van der Waals surface area contributed by atoms with Crippen LogP contribution in [-0.2, 0) is 9.53 Å². The minimum Gasteiger partial charge on any atom is -0.450 e. The van der Waals surface area contributed by atoms with Crippen LogP contribution in [0.15, 0.2) is 11.6 Å². The molecule has 0 spiro atoms. The molecule has 51 valence electrons. The first-order valence-electron chi connectivity index (χ1n) is 2.88. The van der Waals surface area contributed by atoms with Crippen LogP contribution in [0.2, 0.25) is 0 Å². The largest absolute Gasteiger partial charge is 0.450 e. The van der Waals surface area contributed by atoms with Crippen LogP contribution in [0.4, 0.5) is 0 Å². The lowest BCUT2D eigenvalue weighted by Gasteiger charge is -2.06. The van der Waals surface area contributed by atoms with Gasteiger partial charge in [-0.15, -0.1) is 0 Å². The molecule has 0 fully saturated rings. The molecule has 0 aromatic carbocycles. The van der Waals surface area contributed by atoms with Crippen molar-refractivity contribution in [2.45, 2.75) is 26.9 Å². The molecule has 1 atom stereocenters. The van der Waals surface area contributed by atoms with E-state index in [9.17, 15) is 4.79 Å². The maximum atomic E-state index is 9.66. The molecule has 9 heavy (non-hydrogen) atoms. The van der Waals surface area contributed by atoms with E-state index in [2.05, 4.69) is 4.74 Å². The fraction of sp³-hybridized carbons (Fsp3) is 0.571. The van der Waals surface area contributed by atoms with Crippen molar-refractivity contribution < 1.29 is 9.53 Å². The predicted octanol–water partition coefficient (Wildman–Crippen LogP) is 1.42. The Hall–Kier alpha value is -0.790. The molecular formula is C7H11O2. The third-order valence-electron chi connectivity index (χ3n) is 1.32. The SMILES string of the molecule is C/C=C(\C)C(C)O[C]=O. The number of rotatable bonds is 3. The molecule has 2 heteroatoms. The third-order valence-corrected chi connectivity index (χ3v) is 1.32. The van der Waals surface area contributed by atoms with Crippen molar-refractivity contribution in [3.63, 3.8) is 0 Å². The van der Waals surface area contributed by atoms with Gasteiger partial charge in [0, 0.05) is 0 Å². The summed E-state index contributed by atoms with van der Waals surface area (Å²) in [7, 11) is 0. The first-order valence-corrected chi connectivity index (χ1v) is 2.88. The van der Waals surface area contributed by atoms with E-state index in [1.807, 2.05) is 19.9 Å². The summed E-state index contributed by atoms with van der Waals surface area (Å²) in [5.74, 6) is 0. The summed E-state index contributed by atoms with van der Waals surface area (Å²) in [6.07, 6.45) is 1.77. The van der Waals surface area contributed by atoms with Crippen LogP contribution in [0.3, 0.4) is 0 Å². The molecule has 0 bridgehead atoms. The normalized spacial score (nSPS) is 14.8. The molecule has 1 unspecified atom stereocenters. The van der Waals surface area contributed by atoms with E-state index in [0.29, 0.717) is 0 Å². The molecule has 0 rings (SSSR count). The zero-order valence-electron chi connectivity index (χ0n) is 5.97. The van der Waals surface area contributed by atoms with Gasteiger partial charge in [-0.3, -0.25) is 0 Å². The number of carbonyl (C=O) groups excluding carboxylic acids is 1. The number of ether oxygens (including phenoxy) is 1. The van der Waals surface area contributed by atoms with Crippen molar-refractivity contribution in [1.82, 2.24) is 0 Å². The summed E-state index contributed by atoms with van der Waals surface area (Å²) in [5, 5.41) is 0. The van der Waals surface area contributed by atoms with Crippen LogP contribution < -0.4 is 0 Å². The molecular weight excluding hydrogens is 116 g/mol. The second-order valence-corrected chi connectivity index (χ2v) is 1.88. The van der Waals surface area contributed by atoms with Gasteiger partial charge in [0.05, 0.1) is 0 Å². The second-order valence-electron chi connectivity index (χ2n) is 1.88. The van der Waals surface area contributed by atoms with Crippen molar-refractivity contribution in [3.8, 4) is 0 Å². The van der Waals surface area contributed by atoms with Gasteiger partial charge in [0.1, 0.15) is 6.10 Å². The Morgan fingerprint density at radius 3 is 2.67 bits per heavy atom. The molecule has 0 N–H and O–H groups in total. The van der Waals surface area contributed by atoms with Gasteiger partial charge < -0.3 is 4.74 Å². The Kier molecular flexibility index (Phi) is 3.76. The van der Waals surface area contributed by atoms with E-state index in [4.69, 9.17) is 0 Å². The van der Waals surface area contributed by atoms with Crippen LogP contribution >= 0.6 is 0 Å². The molecule has 2 nitrogen and oxygen atoms in total. The van der Waals surface area contributed by atoms with E-state index < -0.39 is 0 Å². The molecule has 0 aliphatic heterocycles. The van der Waals surface area contributed by atoms with Crippen molar-refractivity contribution >= 4 is 6.47 Å². The zero-order valence-corrected chi connectivity index (χ0v) is 5.97. The fourth-order valence-corrected chi connectivity index (χ4v) is 0.400. The van der Waals surface area contributed by atoms with Crippen LogP contribution in [-0.4, -0.2) is 12.6 Å². The standard InChI is InChI=1S/C7H11O2/c1-4-6(2)7(3)9-5-8/h4,7H,1-3H3/b6-4+. The monoisotopic (exact) mass is 127 g/mol. The third kappa shape index (κ3) is 2.90. The van der Waals surface area contributed by atoms with Gasteiger partial charge in [-0.25, -0.2) is 4.79 Å². The Bertz CT molecular complexity index is 116. The molecule has 0 heterocycles. The highest BCUT2D eigenvalue weighted by Crippen LogP contribution is 2.02. The summed E-state index contributed by atoms with van der Waals surface area (Å²) < 4.78 is 4.52. The molecule has 1 radical (unpaired) electrons. The summed E-state index contributed by atoms with van der Waals surface area (Å²) in [4.78, 5) is 9.66. The maximum absolute atomic E-state index is 9.66. The Morgan fingerprint density at radius 2 is 2.33 bits per heavy atom. The Labute approximate surface area is 55.5 Å². The lowest BCUT2D eigenvalue weighted by Crippen LogP contribution is -2.07. The highest BCUT2D eigenvalue weighted by Gasteiger charge is 2.01. The van der Waals surface area contributed by atoms with Gasteiger partial charge in [0.25, 0.3) is 0 Å². The van der Waals surface area contributed by atoms with E-state index in [0.717, 1.165) is 5.57 Å². The first-order chi connectivity index (χ1) is 4.22. The maximum Gasteiger partial charge on any atom is 0.418 e. The van der Waals surface area contributed by atoms with Crippen molar-refractivity contribution in [2.75, 3.05) is 0 Å². The van der Waals surface area contributed by atoms with Gasteiger partial charge in [-0.2, -0.15) is 0 Å². The van der Waals surface area contributed by atoms with Crippen molar-refractivity contribution in [2.24, 2.45) is 0 Å². The van der Waals surface area contributed by atoms with Crippen LogP contribution in [0.25, 0.3) is 0 Å². The molecule has 0 amide bonds. The predicted molar refractivity (Wildman–Crippen MR) is 35.7 cm³/mol. The average Bonchev–Trinajstić information content (AvgIpc) is 1.87. The van der Waals surface area contributed by atoms with Crippen LogP contribution in [0.1, 0.15) is 20.8 Å². The highest BCUT2D eigenvalue weighted by molar-refractivity contribution is 5.39. The topological polar surface area (TPSA) is 26.3 Å². The van der Waals surface area contributed by atoms with Gasteiger partial charge in [0.15, 0.2) is 0 Å². The summed E-state index contributed by atoms with van der Waals surface area (Å²) in [6, 6.07) is 0. The summed E-state index contributed by atoms with van der Waals surface area (Å²) in [6.45, 7) is 7.01. The molecule has 0 aliphatic rings. The van der Waals surface area contributed by atoms with E-state index in [-0.39, 0.29) is 6.10 Å². The Morgan fingerprint density at radius 1 is 1.78 bits per heavy atom. The lowest BCUT2D eigenvalue weighted by molar-refractivity contribution is 0.225. The quantitative estimate of drug-likeness (QED) is 0.536. The van der Waals surface area contributed by atoms with Crippen molar-refractivity contribution in [3.05, 3.63) is 11.6 Å². The fourth-order valence-electron chi connectivity index (χ4n) is 0.400. The lowest BCUT2D eigenvalue weighted by atomic mass is 10.2. The minimum atomic E-state index is -0.132. The van der Waals surface area contributed by atoms with Gasteiger partial charge in [0.2, 0.25) is 0 Å². The average molecular weight is 127 g/mol. The van der Waals surface area contributed by atoms with E-state index in [1.54, 1.807) is 6.92 Å². The first kappa shape index (κ1) is 8.21. The van der Waals surface area contributed by atoms with Gasteiger partial charge >= 0.3 is 6.47 Å². The molecule has 0 aromatic rings. The van der Waals surface area contributed by atoms with E-state index >= 15 is 0 Å². The van der Waals surface area contributed by atoms with Crippen LogP contribution in [0, 0.1) is 0 Å².